The maximum absolute atomic E-state index is 12.8. The Balaban J connectivity index is 1.69. The highest BCUT2D eigenvalue weighted by Crippen LogP contribution is 2.15. The zero-order chi connectivity index (χ0) is 18.5. The number of aromatic nitrogens is 4. The number of benzene rings is 1. The zero-order valence-electron chi connectivity index (χ0n) is 15.3. The summed E-state index contributed by atoms with van der Waals surface area (Å²) < 4.78 is 1.67. The van der Waals surface area contributed by atoms with Crippen LogP contribution in [0, 0.1) is 12.8 Å². The summed E-state index contributed by atoms with van der Waals surface area (Å²) in [4.78, 5) is 14.8. The fraction of sp³-hybridized carbons (Fsp3) is 0.368. The van der Waals surface area contributed by atoms with Gasteiger partial charge >= 0.3 is 0 Å². The van der Waals surface area contributed by atoms with Gasteiger partial charge in [-0.15, -0.1) is 5.10 Å². The van der Waals surface area contributed by atoms with Gasteiger partial charge in [-0.3, -0.25) is 4.79 Å². The van der Waals surface area contributed by atoms with E-state index in [2.05, 4.69) is 40.8 Å². The van der Waals surface area contributed by atoms with Crippen molar-refractivity contribution in [1.82, 2.24) is 25.1 Å². The predicted octanol–water partition coefficient (Wildman–Crippen LogP) is 3.26. The number of thiophene rings is 1. The minimum Gasteiger partial charge on any atom is -0.338 e. The minimum atomic E-state index is 0.149. The van der Waals surface area contributed by atoms with Gasteiger partial charge in [0.1, 0.15) is 0 Å². The molecule has 0 fully saturated rings. The fourth-order valence-electron chi connectivity index (χ4n) is 2.81. The summed E-state index contributed by atoms with van der Waals surface area (Å²) in [6, 6.07) is 9.89. The van der Waals surface area contributed by atoms with Crippen molar-refractivity contribution in [2.24, 2.45) is 5.92 Å². The Labute approximate surface area is 157 Å². The molecule has 0 atom stereocenters. The van der Waals surface area contributed by atoms with E-state index in [-0.39, 0.29) is 5.91 Å². The number of carbonyl (C=O) groups excluding carboxylic acids is 1. The molecule has 0 aliphatic carbocycles. The molecule has 0 aliphatic rings. The van der Waals surface area contributed by atoms with E-state index in [0.717, 1.165) is 23.6 Å². The molecule has 2 aromatic heterocycles. The third-order valence-corrected chi connectivity index (χ3v) is 4.79. The molecule has 0 radical (unpaired) electrons. The first-order chi connectivity index (χ1) is 12.5. The Morgan fingerprint density at radius 3 is 2.54 bits per heavy atom. The second-order valence-corrected chi connectivity index (χ2v) is 7.56. The van der Waals surface area contributed by atoms with Gasteiger partial charge in [-0.25, -0.2) is 0 Å². The Morgan fingerprint density at radius 1 is 1.19 bits per heavy atom. The summed E-state index contributed by atoms with van der Waals surface area (Å²) >= 11 is 1.66. The number of rotatable bonds is 7. The van der Waals surface area contributed by atoms with Crippen molar-refractivity contribution >= 4 is 17.2 Å². The second-order valence-electron chi connectivity index (χ2n) is 6.78. The third-order valence-electron chi connectivity index (χ3n) is 4.05. The van der Waals surface area contributed by atoms with Crippen LogP contribution in [0.3, 0.4) is 0 Å². The van der Waals surface area contributed by atoms with E-state index >= 15 is 0 Å². The van der Waals surface area contributed by atoms with Gasteiger partial charge in [0, 0.05) is 13.1 Å². The van der Waals surface area contributed by atoms with Crippen molar-refractivity contribution in [2.75, 3.05) is 6.54 Å². The Kier molecular flexibility index (Phi) is 5.78. The first-order valence-corrected chi connectivity index (χ1v) is 9.60. The summed E-state index contributed by atoms with van der Waals surface area (Å²) in [6.07, 6.45) is 0.395. The molecule has 0 bridgehead atoms. The first-order valence-electron chi connectivity index (χ1n) is 8.66. The maximum atomic E-state index is 12.8. The van der Waals surface area contributed by atoms with Crippen LogP contribution in [0.4, 0.5) is 0 Å². The normalized spacial score (nSPS) is 11.1. The molecule has 3 aromatic rings. The van der Waals surface area contributed by atoms with E-state index in [0.29, 0.717) is 18.9 Å². The quantitative estimate of drug-likeness (QED) is 0.641. The van der Waals surface area contributed by atoms with Crippen LogP contribution >= 0.6 is 11.3 Å². The summed E-state index contributed by atoms with van der Waals surface area (Å²) in [5.41, 5.74) is 3.07. The van der Waals surface area contributed by atoms with Gasteiger partial charge in [0.2, 0.25) is 5.91 Å². The molecule has 0 aliphatic heterocycles. The van der Waals surface area contributed by atoms with Gasteiger partial charge in [-0.1, -0.05) is 26.0 Å². The van der Waals surface area contributed by atoms with Crippen molar-refractivity contribution in [1.29, 1.82) is 0 Å². The molecule has 0 saturated heterocycles. The number of hydrogen-bond donors (Lipinski definition) is 0. The summed E-state index contributed by atoms with van der Waals surface area (Å²) in [5, 5.41) is 15.7. The highest BCUT2D eigenvalue weighted by atomic mass is 32.1. The number of amides is 1. The van der Waals surface area contributed by atoms with Crippen LogP contribution in [-0.2, 0) is 17.8 Å². The maximum Gasteiger partial charge on any atom is 0.227 e. The predicted molar refractivity (Wildman–Crippen MR) is 102 cm³/mol. The van der Waals surface area contributed by atoms with E-state index < -0.39 is 0 Å². The Hall–Kier alpha value is -2.54. The average molecular weight is 369 g/mol. The molecule has 6 nitrogen and oxygen atoms in total. The molecule has 0 unspecified atom stereocenters. The van der Waals surface area contributed by atoms with Crippen LogP contribution in [0.2, 0.25) is 0 Å². The molecule has 0 saturated carbocycles. The smallest absolute Gasteiger partial charge is 0.227 e. The standard InChI is InChI=1S/C19H23N5OS/c1-14(2)11-23(12-17-8-9-26-13-17)19(25)10-16-4-6-18(7-5-16)24-15(3)20-21-22-24/h4-9,13-14H,10-12H2,1-3H3. The zero-order valence-corrected chi connectivity index (χ0v) is 16.1. The van der Waals surface area contributed by atoms with Gasteiger partial charge in [-0.05, 0) is 63.4 Å². The van der Waals surface area contributed by atoms with Crippen LogP contribution in [0.15, 0.2) is 41.1 Å². The van der Waals surface area contributed by atoms with E-state index in [1.54, 1.807) is 16.0 Å². The van der Waals surface area contributed by atoms with Gasteiger partial charge in [0.25, 0.3) is 0 Å². The van der Waals surface area contributed by atoms with Crippen molar-refractivity contribution in [2.45, 2.75) is 33.7 Å². The van der Waals surface area contributed by atoms with Crippen molar-refractivity contribution in [3.05, 3.63) is 58.0 Å². The average Bonchev–Trinajstić information content (AvgIpc) is 3.26. The number of hydrogen-bond acceptors (Lipinski definition) is 5. The van der Waals surface area contributed by atoms with E-state index in [1.807, 2.05) is 41.5 Å². The molecule has 0 spiro atoms. The SMILES string of the molecule is Cc1nnnn1-c1ccc(CC(=O)N(Cc2ccsc2)CC(C)C)cc1. The lowest BCUT2D eigenvalue weighted by Crippen LogP contribution is -2.34. The van der Waals surface area contributed by atoms with E-state index in [1.165, 1.54) is 5.56 Å². The van der Waals surface area contributed by atoms with Gasteiger partial charge in [0.05, 0.1) is 12.1 Å². The molecule has 0 N–H and O–H groups in total. The molecular formula is C19H23N5OS. The lowest BCUT2D eigenvalue weighted by atomic mass is 10.1. The molecule has 3 rings (SSSR count). The van der Waals surface area contributed by atoms with Crippen LogP contribution < -0.4 is 0 Å². The summed E-state index contributed by atoms with van der Waals surface area (Å²) in [5.74, 6) is 1.31. The van der Waals surface area contributed by atoms with E-state index in [9.17, 15) is 4.79 Å². The van der Waals surface area contributed by atoms with Crippen molar-refractivity contribution in [3.8, 4) is 5.69 Å². The largest absolute Gasteiger partial charge is 0.338 e. The lowest BCUT2D eigenvalue weighted by molar-refractivity contribution is -0.131. The molecule has 2 heterocycles. The van der Waals surface area contributed by atoms with Crippen LogP contribution in [0.25, 0.3) is 5.69 Å². The topological polar surface area (TPSA) is 63.9 Å². The van der Waals surface area contributed by atoms with E-state index in [4.69, 9.17) is 0 Å². The summed E-state index contributed by atoms with van der Waals surface area (Å²) in [6.45, 7) is 7.55. The first kappa shape index (κ1) is 18.3. The number of tetrazole rings is 1. The Bertz CT molecular complexity index is 839. The van der Waals surface area contributed by atoms with Gasteiger partial charge in [0.15, 0.2) is 5.82 Å². The van der Waals surface area contributed by atoms with Crippen molar-refractivity contribution < 1.29 is 4.79 Å². The summed E-state index contributed by atoms with van der Waals surface area (Å²) in [7, 11) is 0. The fourth-order valence-corrected chi connectivity index (χ4v) is 3.47. The van der Waals surface area contributed by atoms with Crippen LogP contribution in [-0.4, -0.2) is 37.6 Å². The molecule has 1 amide bonds. The number of nitrogens with zero attached hydrogens (tertiary/aromatic N) is 5. The van der Waals surface area contributed by atoms with Crippen LogP contribution in [0.5, 0.6) is 0 Å². The highest BCUT2D eigenvalue weighted by Gasteiger charge is 2.16. The lowest BCUT2D eigenvalue weighted by Gasteiger charge is -2.24. The van der Waals surface area contributed by atoms with Crippen LogP contribution in [0.1, 0.15) is 30.8 Å². The van der Waals surface area contributed by atoms with Gasteiger partial charge < -0.3 is 4.90 Å². The molecule has 7 heteroatoms. The molecule has 26 heavy (non-hydrogen) atoms. The number of aryl methyl sites for hydroxylation is 1. The Morgan fingerprint density at radius 2 is 1.96 bits per heavy atom. The van der Waals surface area contributed by atoms with Crippen molar-refractivity contribution in [3.63, 3.8) is 0 Å². The highest BCUT2D eigenvalue weighted by molar-refractivity contribution is 7.07. The third kappa shape index (κ3) is 4.54. The van der Waals surface area contributed by atoms with Gasteiger partial charge in [-0.2, -0.15) is 16.0 Å². The monoisotopic (exact) mass is 369 g/mol. The molecular weight excluding hydrogens is 346 g/mol. The molecule has 1 aromatic carbocycles. The number of carbonyl (C=O) groups is 1. The minimum absolute atomic E-state index is 0.149. The molecule has 136 valence electrons. The second kappa shape index (κ2) is 8.23.